The molecule has 2 aromatic rings. The van der Waals surface area contributed by atoms with Gasteiger partial charge in [-0.05, 0) is 13.8 Å². The molecule has 1 saturated heterocycles. The van der Waals surface area contributed by atoms with Gasteiger partial charge in [-0.2, -0.15) is 26.3 Å². The highest BCUT2D eigenvalue weighted by Gasteiger charge is 2.39. The Morgan fingerprint density at radius 3 is 2.05 bits per heavy atom. The van der Waals surface area contributed by atoms with Crippen molar-refractivity contribution in [2.45, 2.75) is 45.8 Å². The third-order valence-corrected chi connectivity index (χ3v) is 5.81. The topological polar surface area (TPSA) is 134 Å². The summed E-state index contributed by atoms with van der Waals surface area (Å²) in [4.78, 5) is 27.4. The minimum Gasteiger partial charge on any atom is -0.475 e. The molecule has 0 bridgehead atoms. The molecule has 0 amide bonds. The van der Waals surface area contributed by atoms with E-state index in [0.717, 1.165) is 76.3 Å². The van der Waals surface area contributed by atoms with Crippen molar-refractivity contribution < 1.29 is 55.4 Å². The normalized spacial score (nSPS) is 18.6. The van der Waals surface area contributed by atoms with Gasteiger partial charge in [0.25, 0.3) is 0 Å². The van der Waals surface area contributed by atoms with Gasteiger partial charge < -0.3 is 24.0 Å². The molecule has 0 aromatic carbocycles. The third-order valence-electron chi connectivity index (χ3n) is 5.81. The van der Waals surface area contributed by atoms with E-state index >= 15 is 0 Å². The average Bonchev–Trinajstić information content (AvgIpc) is 3.35. The Morgan fingerprint density at radius 2 is 1.56 bits per heavy atom. The summed E-state index contributed by atoms with van der Waals surface area (Å²) in [5.74, 6) is -2.86. The summed E-state index contributed by atoms with van der Waals surface area (Å²) in [5.41, 5.74) is 2.21. The number of hydrogen-bond acceptors (Lipinski definition) is 8. The number of aromatic nitrogens is 3. The zero-order valence-corrected chi connectivity index (χ0v) is 21.1. The first-order valence-electron chi connectivity index (χ1n) is 11.6. The van der Waals surface area contributed by atoms with E-state index in [0.29, 0.717) is 5.92 Å². The van der Waals surface area contributed by atoms with E-state index in [1.165, 1.54) is 5.56 Å². The zero-order chi connectivity index (χ0) is 29.4. The number of alkyl halides is 6. The van der Waals surface area contributed by atoms with Crippen molar-refractivity contribution >= 4 is 11.9 Å². The smallest absolute Gasteiger partial charge is 0.475 e. The van der Waals surface area contributed by atoms with Crippen LogP contribution in [0.3, 0.4) is 0 Å². The fraction of sp³-hybridized carbons (Fsp3) is 0.636. The summed E-state index contributed by atoms with van der Waals surface area (Å²) in [6.45, 7) is 12.8. The number of nitrogens with zero attached hydrogens (tertiary/aromatic N) is 5. The number of carboxylic acids is 2. The van der Waals surface area contributed by atoms with Gasteiger partial charge >= 0.3 is 24.3 Å². The van der Waals surface area contributed by atoms with E-state index in [-0.39, 0.29) is 0 Å². The lowest BCUT2D eigenvalue weighted by Gasteiger charge is -2.31. The zero-order valence-electron chi connectivity index (χ0n) is 21.1. The number of aryl methyl sites for hydroxylation is 2. The molecule has 0 saturated carbocycles. The maximum absolute atomic E-state index is 10.6. The summed E-state index contributed by atoms with van der Waals surface area (Å²) >= 11 is 0. The molecule has 2 N–H and O–H groups in total. The van der Waals surface area contributed by atoms with Gasteiger partial charge in [-0.15, -0.1) is 0 Å². The lowest BCUT2D eigenvalue weighted by molar-refractivity contribution is -0.193. The van der Waals surface area contributed by atoms with Crippen molar-refractivity contribution in [2.75, 3.05) is 39.4 Å². The van der Waals surface area contributed by atoms with Crippen LogP contribution in [0.4, 0.5) is 26.3 Å². The van der Waals surface area contributed by atoms with Crippen LogP contribution >= 0.6 is 0 Å². The molecule has 0 radical (unpaired) electrons. The number of ether oxygens (including phenoxy) is 1. The first kappa shape index (κ1) is 32.0. The van der Waals surface area contributed by atoms with Crippen LogP contribution in [-0.4, -0.2) is 98.4 Å². The molecular weight excluding hydrogens is 544 g/mol. The molecule has 1 fully saturated rings. The number of fused-ring (bicyclic) bond motifs is 1. The maximum Gasteiger partial charge on any atom is 0.490 e. The van der Waals surface area contributed by atoms with Crippen LogP contribution in [0.25, 0.3) is 0 Å². The minimum absolute atomic E-state index is 0.578. The Kier molecular flexibility index (Phi) is 11.3. The van der Waals surface area contributed by atoms with Crippen LogP contribution in [0.2, 0.25) is 0 Å². The van der Waals surface area contributed by atoms with Crippen molar-refractivity contribution in [3.8, 4) is 0 Å². The van der Waals surface area contributed by atoms with Crippen LogP contribution < -0.4 is 0 Å². The summed E-state index contributed by atoms with van der Waals surface area (Å²) in [5, 5.41) is 18.4. The lowest BCUT2D eigenvalue weighted by atomic mass is 10.1. The van der Waals surface area contributed by atoms with Gasteiger partial charge in [-0.1, -0.05) is 5.16 Å². The van der Waals surface area contributed by atoms with Gasteiger partial charge in [0.15, 0.2) is 0 Å². The van der Waals surface area contributed by atoms with Crippen molar-refractivity contribution in [1.29, 1.82) is 0 Å². The summed E-state index contributed by atoms with van der Waals surface area (Å²) < 4.78 is 76.6. The number of morpholine rings is 1. The number of imidazole rings is 1. The summed E-state index contributed by atoms with van der Waals surface area (Å²) in [6, 6.07) is 0. The van der Waals surface area contributed by atoms with E-state index in [4.69, 9.17) is 29.1 Å². The molecule has 0 aliphatic carbocycles. The number of hydrogen-bond donors (Lipinski definition) is 2. The molecule has 2 aromatic heterocycles. The van der Waals surface area contributed by atoms with Crippen LogP contribution in [-0.2, 0) is 34.0 Å². The van der Waals surface area contributed by atoms with E-state index in [1.54, 1.807) is 0 Å². The van der Waals surface area contributed by atoms with E-state index in [1.807, 2.05) is 20.0 Å². The Hall–Kier alpha value is -3.18. The Morgan fingerprint density at radius 1 is 1.00 bits per heavy atom. The highest BCUT2D eigenvalue weighted by Crippen LogP contribution is 2.22. The number of carboxylic acid groups (broad SMARTS) is 2. The van der Waals surface area contributed by atoms with Crippen molar-refractivity contribution in [1.82, 2.24) is 24.5 Å². The van der Waals surface area contributed by atoms with Crippen molar-refractivity contribution in [2.24, 2.45) is 5.92 Å². The molecular formula is C22H29F6N5O6. The first-order valence-corrected chi connectivity index (χ1v) is 11.6. The van der Waals surface area contributed by atoms with Gasteiger partial charge in [0.1, 0.15) is 11.6 Å². The van der Waals surface area contributed by atoms with Crippen LogP contribution in [0.5, 0.6) is 0 Å². The van der Waals surface area contributed by atoms with Crippen LogP contribution in [0, 0.1) is 19.8 Å². The SMILES string of the molecule is Cc1noc(C)c1CN1Cc2nccn2CC(CN2CCOCC2)C1.O=C(O)C(F)(F)F.O=C(O)C(F)(F)F. The van der Waals surface area contributed by atoms with Gasteiger partial charge in [0, 0.05) is 63.1 Å². The van der Waals surface area contributed by atoms with Gasteiger partial charge in [0.2, 0.25) is 0 Å². The predicted molar refractivity (Wildman–Crippen MR) is 120 cm³/mol. The standard InChI is InChI=1S/C18H27N5O2.2C2HF3O2/c1-14-17(15(2)25-20-14)12-22-10-16(9-21-5-7-24-8-6-21)11-23-4-3-19-18(23)13-22;2*3-2(4,5)1(6)7/h3-4,16H,5-13H2,1-2H3;2*(H,6,7). The second-order valence-electron chi connectivity index (χ2n) is 8.85. The maximum atomic E-state index is 10.6. The average molecular weight is 573 g/mol. The Balaban J connectivity index is 0.000000317. The molecule has 2 aliphatic heterocycles. The fourth-order valence-electron chi connectivity index (χ4n) is 3.96. The fourth-order valence-corrected chi connectivity index (χ4v) is 3.96. The van der Waals surface area contributed by atoms with E-state index in [9.17, 15) is 26.3 Å². The molecule has 220 valence electrons. The van der Waals surface area contributed by atoms with Gasteiger partial charge in [-0.3, -0.25) is 9.80 Å². The van der Waals surface area contributed by atoms with Crippen molar-refractivity contribution in [3.63, 3.8) is 0 Å². The molecule has 0 spiro atoms. The highest BCUT2D eigenvalue weighted by molar-refractivity contribution is 5.73. The Labute approximate surface area is 218 Å². The van der Waals surface area contributed by atoms with Crippen LogP contribution in [0.1, 0.15) is 22.8 Å². The second kappa shape index (κ2) is 13.7. The quantitative estimate of drug-likeness (QED) is 0.526. The monoisotopic (exact) mass is 573 g/mol. The molecule has 39 heavy (non-hydrogen) atoms. The highest BCUT2D eigenvalue weighted by atomic mass is 19.4. The summed E-state index contributed by atoms with van der Waals surface area (Å²) in [6.07, 6.45) is -6.14. The van der Waals surface area contributed by atoms with E-state index < -0.39 is 24.3 Å². The van der Waals surface area contributed by atoms with Crippen LogP contribution in [0.15, 0.2) is 16.9 Å². The summed E-state index contributed by atoms with van der Waals surface area (Å²) in [7, 11) is 0. The second-order valence-corrected chi connectivity index (χ2v) is 8.85. The molecule has 1 atom stereocenters. The van der Waals surface area contributed by atoms with Gasteiger partial charge in [-0.25, -0.2) is 14.6 Å². The van der Waals surface area contributed by atoms with Crippen molar-refractivity contribution in [3.05, 3.63) is 35.2 Å². The minimum atomic E-state index is -5.08. The third kappa shape index (κ3) is 10.5. The number of rotatable bonds is 4. The molecule has 2 aliphatic rings. The predicted octanol–water partition coefficient (Wildman–Crippen LogP) is 2.72. The number of halogens is 6. The van der Waals surface area contributed by atoms with Gasteiger partial charge in [0.05, 0.1) is 25.5 Å². The lowest BCUT2D eigenvalue weighted by Crippen LogP contribution is -2.42. The number of carbonyl (C=O) groups is 2. The molecule has 4 heterocycles. The molecule has 1 unspecified atom stereocenters. The van der Waals surface area contributed by atoms with E-state index in [2.05, 4.69) is 30.7 Å². The Bertz CT molecular complexity index is 1040. The first-order chi connectivity index (χ1) is 18.1. The molecule has 4 rings (SSSR count). The number of aliphatic carboxylic acids is 2. The largest absolute Gasteiger partial charge is 0.490 e. The molecule has 17 heteroatoms. The molecule has 11 nitrogen and oxygen atoms in total.